The Labute approximate surface area is 182 Å². The van der Waals surface area contributed by atoms with E-state index >= 15 is 0 Å². The van der Waals surface area contributed by atoms with E-state index in [1.165, 1.54) is 5.56 Å². The van der Waals surface area contributed by atoms with Gasteiger partial charge in [0.15, 0.2) is 0 Å². The van der Waals surface area contributed by atoms with Gasteiger partial charge in [0.1, 0.15) is 6.04 Å². The van der Waals surface area contributed by atoms with E-state index in [2.05, 4.69) is 21.6 Å². The second kappa shape index (κ2) is 8.68. The molecule has 166 valence electrons. The number of rotatable bonds is 6. The number of carbonyl (C=O) groups is 3. The molecule has 5 rings (SSSR count). The number of ether oxygens (including phenoxy) is 1. The zero-order valence-electron chi connectivity index (χ0n) is 17.8. The summed E-state index contributed by atoms with van der Waals surface area (Å²) in [4.78, 5) is 41.2. The SMILES string of the molecule is O=C1CCC(N2Cc3c(CN(CC4CCOCC4)C4CNC4)cccc3C2=O)C(=O)N1. The third-order valence-corrected chi connectivity index (χ3v) is 7.16. The number of fused-ring (bicyclic) bond motifs is 1. The summed E-state index contributed by atoms with van der Waals surface area (Å²) in [5.41, 5.74) is 2.89. The van der Waals surface area contributed by atoms with Crippen molar-refractivity contribution >= 4 is 17.7 Å². The number of imide groups is 1. The first-order chi connectivity index (χ1) is 15.1. The summed E-state index contributed by atoms with van der Waals surface area (Å²) < 4.78 is 5.53. The highest BCUT2D eigenvalue weighted by Crippen LogP contribution is 2.31. The fraction of sp³-hybridized carbons (Fsp3) is 0.609. The summed E-state index contributed by atoms with van der Waals surface area (Å²) in [5.74, 6) is -0.0787. The van der Waals surface area contributed by atoms with Crippen LogP contribution < -0.4 is 10.6 Å². The van der Waals surface area contributed by atoms with Gasteiger partial charge < -0.3 is 15.0 Å². The molecule has 1 aromatic rings. The minimum atomic E-state index is -0.570. The third kappa shape index (κ3) is 4.12. The molecule has 1 unspecified atom stereocenters. The van der Waals surface area contributed by atoms with Gasteiger partial charge in [-0.15, -0.1) is 0 Å². The van der Waals surface area contributed by atoms with Crippen LogP contribution >= 0.6 is 0 Å². The lowest BCUT2D eigenvalue weighted by atomic mass is 9.96. The molecule has 4 heterocycles. The van der Waals surface area contributed by atoms with Crippen molar-refractivity contribution in [1.29, 1.82) is 0 Å². The van der Waals surface area contributed by atoms with Crippen LogP contribution in [-0.4, -0.2) is 72.5 Å². The first-order valence-corrected chi connectivity index (χ1v) is 11.4. The van der Waals surface area contributed by atoms with Crippen LogP contribution in [0.5, 0.6) is 0 Å². The van der Waals surface area contributed by atoms with Crippen LogP contribution in [0.15, 0.2) is 18.2 Å². The molecule has 3 saturated heterocycles. The van der Waals surface area contributed by atoms with Crippen molar-refractivity contribution in [3.05, 3.63) is 34.9 Å². The fourth-order valence-corrected chi connectivity index (χ4v) is 5.15. The highest BCUT2D eigenvalue weighted by atomic mass is 16.5. The Morgan fingerprint density at radius 2 is 1.90 bits per heavy atom. The van der Waals surface area contributed by atoms with Crippen molar-refractivity contribution in [2.45, 2.75) is 50.9 Å². The number of benzene rings is 1. The molecule has 8 heteroatoms. The van der Waals surface area contributed by atoms with Gasteiger partial charge in [-0.3, -0.25) is 24.6 Å². The van der Waals surface area contributed by atoms with Gasteiger partial charge in [-0.1, -0.05) is 12.1 Å². The molecule has 3 fully saturated rings. The molecule has 0 aromatic heterocycles. The standard InChI is InChI=1S/C23H30N4O4/c28-21-5-4-20(22(29)25-21)27-14-19-16(2-1-3-18(19)23(27)30)13-26(17-10-24-11-17)12-15-6-8-31-9-7-15/h1-3,15,17,20,24H,4-14H2,(H,25,28,29). The Bertz CT molecular complexity index is 878. The number of piperidine rings is 1. The van der Waals surface area contributed by atoms with Gasteiger partial charge in [0.25, 0.3) is 5.91 Å². The van der Waals surface area contributed by atoms with E-state index in [9.17, 15) is 14.4 Å². The molecule has 0 spiro atoms. The average molecular weight is 427 g/mol. The second-order valence-electron chi connectivity index (χ2n) is 9.14. The Morgan fingerprint density at radius 3 is 2.61 bits per heavy atom. The monoisotopic (exact) mass is 426 g/mol. The van der Waals surface area contributed by atoms with Crippen LogP contribution in [0.1, 0.15) is 47.2 Å². The molecule has 0 saturated carbocycles. The van der Waals surface area contributed by atoms with E-state index in [1.807, 2.05) is 12.1 Å². The van der Waals surface area contributed by atoms with Gasteiger partial charge in [-0.2, -0.15) is 0 Å². The van der Waals surface area contributed by atoms with Gasteiger partial charge in [0, 0.05) is 64.0 Å². The molecule has 4 aliphatic rings. The molecule has 8 nitrogen and oxygen atoms in total. The topological polar surface area (TPSA) is 91.0 Å². The first kappa shape index (κ1) is 20.6. The molecule has 2 N–H and O–H groups in total. The number of carbonyl (C=O) groups excluding carboxylic acids is 3. The van der Waals surface area contributed by atoms with Crippen LogP contribution in [-0.2, 0) is 27.4 Å². The lowest BCUT2D eigenvalue weighted by Gasteiger charge is -2.41. The highest BCUT2D eigenvalue weighted by Gasteiger charge is 2.40. The Hall–Kier alpha value is -2.29. The van der Waals surface area contributed by atoms with E-state index < -0.39 is 6.04 Å². The number of nitrogens with one attached hydrogen (secondary N) is 2. The van der Waals surface area contributed by atoms with E-state index in [1.54, 1.807) is 4.90 Å². The van der Waals surface area contributed by atoms with Crippen molar-refractivity contribution in [3.63, 3.8) is 0 Å². The van der Waals surface area contributed by atoms with Crippen molar-refractivity contribution in [2.24, 2.45) is 5.92 Å². The normalized spacial score (nSPS) is 25.0. The summed E-state index contributed by atoms with van der Waals surface area (Å²) >= 11 is 0. The quantitative estimate of drug-likeness (QED) is 0.649. The number of hydrogen-bond donors (Lipinski definition) is 2. The van der Waals surface area contributed by atoms with Gasteiger partial charge >= 0.3 is 0 Å². The first-order valence-electron chi connectivity index (χ1n) is 11.4. The van der Waals surface area contributed by atoms with Crippen LogP contribution in [0, 0.1) is 5.92 Å². The maximum absolute atomic E-state index is 13.1. The van der Waals surface area contributed by atoms with Crippen LogP contribution in [0.4, 0.5) is 0 Å². The predicted molar refractivity (Wildman–Crippen MR) is 113 cm³/mol. The van der Waals surface area contributed by atoms with E-state index in [-0.39, 0.29) is 24.1 Å². The maximum Gasteiger partial charge on any atom is 0.255 e. The zero-order valence-corrected chi connectivity index (χ0v) is 17.8. The number of nitrogens with zero attached hydrogens (tertiary/aromatic N) is 2. The summed E-state index contributed by atoms with van der Waals surface area (Å²) in [6, 6.07) is 5.87. The van der Waals surface area contributed by atoms with E-state index in [4.69, 9.17) is 4.74 Å². The minimum Gasteiger partial charge on any atom is -0.381 e. The fourth-order valence-electron chi connectivity index (χ4n) is 5.15. The molecule has 1 atom stereocenters. The minimum absolute atomic E-state index is 0.104. The molecular formula is C23H30N4O4. The molecule has 1 aromatic carbocycles. The van der Waals surface area contributed by atoms with Crippen molar-refractivity contribution < 1.29 is 19.1 Å². The van der Waals surface area contributed by atoms with Gasteiger partial charge in [0.2, 0.25) is 11.8 Å². The molecule has 31 heavy (non-hydrogen) atoms. The van der Waals surface area contributed by atoms with Gasteiger partial charge in [-0.25, -0.2) is 0 Å². The smallest absolute Gasteiger partial charge is 0.255 e. The number of hydrogen-bond acceptors (Lipinski definition) is 6. The van der Waals surface area contributed by atoms with Gasteiger partial charge in [0.05, 0.1) is 0 Å². The summed E-state index contributed by atoms with van der Waals surface area (Å²) in [5, 5.41) is 5.76. The van der Waals surface area contributed by atoms with Crippen molar-refractivity contribution in [2.75, 3.05) is 32.8 Å². The largest absolute Gasteiger partial charge is 0.381 e. The Morgan fingerprint density at radius 1 is 1.10 bits per heavy atom. The lowest BCUT2D eigenvalue weighted by molar-refractivity contribution is -0.136. The zero-order chi connectivity index (χ0) is 21.4. The van der Waals surface area contributed by atoms with Crippen LogP contribution in [0.2, 0.25) is 0 Å². The van der Waals surface area contributed by atoms with Crippen molar-refractivity contribution in [3.8, 4) is 0 Å². The second-order valence-corrected chi connectivity index (χ2v) is 9.14. The highest BCUT2D eigenvalue weighted by molar-refractivity contribution is 6.05. The Balaban J connectivity index is 1.34. The van der Waals surface area contributed by atoms with Crippen LogP contribution in [0.3, 0.4) is 0 Å². The van der Waals surface area contributed by atoms with E-state index in [0.29, 0.717) is 30.5 Å². The Kier molecular flexibility index (Phi) is 5.77. The maximum atomic E-state index is 13.1. The molecule has 4 aliphatic heterocycles. The predicted octanol–water partition coefficient (Wildman–Crippen LogP) is 0.648. The van der Waals surface area contributed by atoms with Crippen molar-refractivity contribution in [1.82, 2.24) is 20.4 Å². The number of amides is 3. The molecular weight excluding hydrogens is 396 g/mol. The summed E-state index contributed by atoms with van der Waals surface area (Å²) in [6.07, 6.45) is 2.87. The van der Waals surface area contributed by atoms with Crippen LogP contribution in [0.25, 0.3) is 0 Å². The molecule has 0 bridgehead atoms. The molecule has 0 aliphatic carbocycles. The van der Waals surface area contributed by atoms with E-state index in [0.717, 1.165) is 57.8 Å². The summed E-state index contributed by atoms with van der Waals surface area (Å²) in [7, 11) is 0. The average Bonchev–Trinajstić information content (AvgIpc) is 3.05. The van der Waals surface area contributed by atoms with Gasteiger partial charge in [-0.05, 0) is 42.4 Å². The molecule has 3 amide bonds. The lowest BCUT2D eigenvalue weighted by Crippen LogP contribution is -2.58. The third-order valence-electron chi connectivity index (χ3n) is 7.16. The molecule has 0 radical (unpaired) electrons. The summed E-state index contributed by atoms with van der Waals surface area (Å²) in [6.45, 7) is 5.98.